The molecular formula is C17H14Cl2N4O2S. The Morgan fingerprint density at radius 2 is 1.96 bits per heavy atom. The van der Waals surface area contributed by atoms with Gasteiger partial charge in [-0.1, -0.05) is 23.2 Å². The van der Waals surface area contributed by atoms with E-state index in [1.165, 1.54) is 11.3 Å². The minimum atomic E-state index is -0.762. The molecule has 9 heteroatoms. The third kappa shape index (κ3) is 3.51. The second-order valence-electron chi connectivity index (χ2n) is 5.61. The highest BCUT2D eigenvalue weighted by molar-refractivity contribution is 7.14. The fourth-order valence-electron chi connectivity index (χ4n) is 2.52. The quantitative estimate of drug-likeness (QED) is 0.515. The molecule has 0 saturated heterocycles. The number of Topliss-reactive ketones (excluding diaryl/α,β-unsaturated/α-hetero) is 1. The molecule has 6 nitrogen and oxygen atoms in total. The Morgan fingerprint density at radius 3 is 2.62 bits per heavy atom. The van der Waals surface area contributed by atoms with Crippen LogP contribution in [0.15, 0.2) is 23.6 Å². The average Bonchev–Trinajstić information content (AvgIpc) is 3.14. The van der Waals surface area contributed by atoms with Gasteiger partial charge in [0, 0.05) is 28.7 Å². The van der Waals surface area contributed by atoms with Gasteiger partial charge < -0.3 is 0 Å². The Morgan fingerprint density at radius 1 is 1.23 bits per heavy atom. The molecule has 26 heavy (non-hydrogen) atoms. The molecule has 0 atom stereocenters. The molecule has 1 N–H and O–H groups in total. The van der Waals surface area contributed by atoms with E-state index in [2.05, 4.69) is 15.4 Å². The highest BCUT2D eigenvalue weighted by Crippen LogP contribution is 2.32. The van der Waals surface area contributed by atoms with Crippen LogP contribution in [0.1, 0.15) is 21.7 Å². The molecule has 0 aliphatic carbocycles. The highest BCUT2D eigenvalue weighted by atomic mass is 35.5. The molecule has 134 valence electrons. The third-order valence-electron chi connectivity index (χ3n) is 3.87. The molecule has 3 rings (SSSR count). The predicted molar refractivity (Wildman–Crippen MR) is 103 cm³/mol. The van der Waals surface area contributed by atoms with E-state index in [9.17, 15) is 9.59 Å². The van der Waals surface area contributed by atoms with Crippen molar-refractivity contribution in [2.75, 3.05) is 5.32 Å². The van der Waals surface area contributed by atoms with E-state index in [4.69, 9.17) is 23.2 Å². The second-order valence-corrected chi connectivity index (χ2v) is 7.32. The van der Waals surface area contributed by atoms with Crippen molar-refractivity contribution in [2.24, 2.45) is 7.05 Å². The van der Waals surface area contributed by atoms with Gasteiger partial charge in [0.05, 0.1) is 22.0 Å². The number of benzene rings is 1. The van der Waals surface area contributed by atoms with Gasteiger partial charge in [0.2, 0.25) is 0 Å². The van der Waals surface area contributed by atoms with Crippen molar-refractivity contribution in [2.45, 2.75) is 13.8 Å². The number of nitrogens with one attached hydrogen (secondary N) is 1. The van der Waals surface area contributed by atoms with E-state index in [-0.39, 0.29) is 0 Å². The summed E-state index contributed by atoms with van der Waals surface area (Å²) in [6, 6.07) is 5.05. The van der Waals surface area contributed by atoms with Crippen molar-refractivity contribution < 1.29 is 9.59 Å². The first-order valence-electron chi connectivity index (χ1n) is 7.54. The van der Waals surface area contributed by atoms with E-state index in [0.717, 1.165) is 0 Å². The van der Waals surface area contributed by atoms with Gasteiger partial charge in [-0.15, -0.1) is 11.3 Å². The van der Waals surface area contributed by atoms with Crippen LogP contribution in [-0.4, -0.2) is 26.5 Å². The zero-order valence-electron chi connectivity index (χ0n) is 14.1. The summed E-state index contributed by atoms with van der Waals surface area (Å²) in [6.45, 7) is 3.43. The van der Waals surface area contributed by atoms with Crippen LogP contribution in [0.4, 0.5) is 5.13 Å². The summed E-state index contributed by atoms with van der Waals surface area (Å²) in [6.07, 6.45) is 0. The van der Waals surface area contributed by atoms with Crippen molar-refractivity contribution in [3.05, 3.63) is 50.6 Å². The summed E-state index contributed by atoms with van der Waals surface area (Å²) >= 11 is 13.4. The van der Waals surface area contributed by atoms with Gasteiger partial charge in [-0.3, -0.25) is 19.6 Å². The number of hydrogen-bond acceptors (Lipinski definition) is 5. The predicted octanol–water partition coefficient (Wildman–Crippen LogP) is 4.29. The lowest BCUT2D eigenvalue weighted by Crippen LogP contribution is -2.23. The number of hydrogen-bond donors (Lipinski definition) is 1. The van der Waals surface area contributed by atoms with E-state index in [0.29, 0.717) is 43.4 Å². The van der Waals surface area contributed by atoms with Crippen molar-refractivity contribution in [3.8, 4) is 11.3 Å². The maximum atomic E-state index is 12.5. The standard InChI is InChI=1S/C17H14Cl2N4O2S/c1-8-14(9(2)23(3)22-8)15(24)16(25)21-17-20-13(7-26-17)11-6-10(18)4-5-12(11)19/h4-7H,1-3H3,(H,20,21,25). The van der Waals surface area contributed by atoms with Crippen molar-refractivity contribution in [1.29, 1.82) is 0 Å². The van der Waals surface area contributed by atoms with E-state index < -0.39 is 11.7 Å². The summed E-state index contributed by atoms with van der Waals surface area (Å²) in [7, 11) is 1.72. The van der Waals surface area contributed by atoms with Crippen LogP contribution < -0.4 is 5.32 Å². The van der Waals surface area contributed by atoms with E-state index >= 15 is 0 Å². The minimum absolute atomic E-state index is 0.300. The lowest BCUT2D eigenvalue weighted by molar-refractivity contribution is -0.112. The Kier molecular flexibility index (Phi) is 5.13. The largest absolute Gasteiger partial charge is 0.298 e. The number of aryl methyl sites for hydroxylation is 2. The molecule has 0 saturated carbocycles. The number of rotatable bonds is 4. The molecule has 0 unspecified atom stereocenters. The topological polar surface area (TPSA) is 76.9 Å². The first kappa shape index (κ1) is 18.6. The number of carbonyl (C=O) groups excluding carboxylic acids is 2. The molecule has 2 aromatic heterocycles. The number of halogens is 2. The van der Waals surface area contributed by atoms with Crippen molar-refractivity contribution >= 4 is 51.4 Å². The molecule has 1 amide bonds. The molecular weight excluding hydrogens is 395 g/mol. The maximum absolute atomic E-state index is 12.5. The fourth-order valence-corrected chi connectivity index (χ4v) is 3.61. The second kappa shape index (κ2) is 7.19. The van der Waals surface area contributed by atoms with Crippen LogP contribution in [0.5, 0.6) is 0 Å². The SMILES string of the molecule is Cc1nn(C)c(C)c1C(=O)C(=O)Nc1nc(-c2cc(Cl)ccc2Cl)cs1. The van der Waals surface area contributed by atoms with Crippen LogP contribution in [0.2, 0.25) is 10.0 Å². The molecule has 2 heterocycles. The van der Waals surface area contributed by atoms with Crippen LogP contribution in [0, 0.1) is 13.8 Å². The zero-order valence-corrected chi connectivity index (χ0v) is 16.5. The normalized spacial score (nSPS) is 10.8. The molecule has 0 fully saturated rings. The zero-order chi connectivity index (χ0) is 19.0. The highest BCUT2D eigenvalue weighted by Gasteiger charge is 2.24. The van der Waals surface area contributed by atoms with Gasteiger partial charge in [-0.2, -0.15) is 5.10 Å². The molecule has 3 aromatic rings. The average molecular weight is 409 g/mol. The Bertz CT molecular complexity index is 1030. The van der Waals surface area contributed by atoms with E-state index in [1.807, 2.05) is 0 Å². The number of aromatic nitrogens is 3. The van der Waals surface area contributed by atoms with Gasteiger partial charge in [-0.05, 0) is 32.0 Å². The van der Waals surface area contributed by atoms with Gasteiger partial charge in [-0.25, -0.2) is 4.98 Å². The number of nitrogens with zero attached hydrogens (tertiary/aromatic N) is 3. The number of thiazole rings is 1. The summed E-state index contributed by atoms with van der Waals surface area (Å²) < 4.78 is 1.57. The lowest BCUT2D eigenvalue weighted by atomic mass is 10.1. The number of anilines is 1. The van der Waals surface area contributed by atoms with Crippen molar-refractivity contribution in [3.63, 3.8) is 0 Å². The van der Waals surface area contributed by atoms with Crippen LogP contribution in [-0.2, 0) is 11.8 Å². The molecule has 0 aliphatic heterocycles. The number of carbonyl (C=O) groups is 2. The molecule has 0 spiro atoms. The Hall–Kier alpha value is -2.22. The smallest absolute Gasteiger partial charge is 0.295 e. The summed E-state index contributed by atoms with van der Waals surface area (Å²) in [5.41, 5.74) is 2.67. The van der Waals surface area contributed by atoms with Gasteiger partial charge in [0.25, 0.3) is 11.7 Å². The molecule has 0 aliphatic rings. The summed E-state index contributed by atoms with van der Waals surface area (Å²) in [5, 5.41) is 9.75. The minimum Gasteiger partial charge on any atom is -0.295 e. The monoisotopic (exact) mass is 408 g/mol. The molecule has 0 bridgehead atoms. The van der Waals surface area contributed by atoms with Gasteiger partial charge in [0.1, 0.15) is 0 Å². The van der Waals surface area contributed by atoms with Crippen LogP contribution >= 0.6 is 34.5 Å². The number of amides is 1. The molecule has 0 radical (unpaired) electrons. The van der Waals surface area contributed by atoms with Gasteiger partial charge >= 0.3 is 0 Å². The molecule has 1 aromatic carbocycles. The van der Waals surface area contributed by atoms with Crippen LogP contribution in [0.3, 0.4) is 0 Å². The number of ketones is 1. The van der Waals surface area contributed by atoms with Crippen molar-refractivity contribution in [1.82, 2.24) is 14.8 Å². The summed E-state index contributed by atoms with van der Waals surface area (Å²) in [4.78, 5) is 29.1. The maximum Gasteiger partial charge on any atom is 0.298 e. The Labute approximate surface area is 163 Å². The fraction of sp³-hybridized carbons (Fsp3) is 0.176. The summed E-state index contributed by atoms with van der Waals surface area (Å²) in [5.74, 6) is -1.41. The van der Waals surface area contributed by atoms with Gasteiger partial charge in [0.15, 0.2) is 5.13 Å². The van der Waals surface area contributed by atoms with E-state index in [1.54, 1.807) is 49.2 Å². The van der Waals surface area contributed by atoms with Crippen LogP contribution in [0.25, 0.3) is 11.3 Å². The Balaban J connectivity index is 1.82. The first-order chi connectivity index (χ1) is 12.3. The lowest BCUT2D eigenvalue weighted by Gasteiger charge is -2.03. The third-order valence-corrected chi connectivity index (χ3v) is 5.19. The first-order valence-corrected chi connectivity index (χ1v) is 9.18.